The minimum absolute atomic E-state index is 0.254. The van der Waals surface area contributed by atoms with Gasteiger partial charge in [0.1, 0.15) is 0 Å². The van der Waals surface area contributed by atoms with Crippen molar-refractivity contribution in [1.29, 1.82) is 0 Å². The average Bonchev–Trinajstić information content (AvgIpc) is 3.54. The maximum atomic E-state index is 4.59. The number of aromatic nitrogens is 2. The molecule has 51 heavy (non-hydrogen) atoms. The summed E-state index contributed by atoms with van der Waals surface area (Å²) in [6, 6.07) is 47.1. The van der Waals surface area contributed by atoms with Crippen molar-refractivity contribution in [3.63, 3.8) is 0 Å². The lowest BCUT2D eigenvalue weighted by molar-refractivity contribution is 0.633. The monoisotopic (exact) mass is 652 g/mol. The molecule has 10 rings (SSSR count). The SMILES string of the molecule is C1=CCC(C2=CCC(n3c4ccncc4c4cc(-c5ccc6c(-c7ccccc7)c7ccccc7c(-c7ccccc7)c6c5)ccc43)C=C2)C=C1. The predicted octanol–water partition coefficient (Wildman–Crippen LogP) is 13.1. The first-order valence-corrected chi connectivity index (χ1v) is 18.0. The number of hydrogen-bond donors (Lipinski definition) is 0. The summed E-state index contributed by atoms with van der Waals surface area (Å²) >= 11 is 0. The Morgan fingerprint density at radius 2 is 1.16 bits per heavy atom. The van der Waals surface area contributed by atoms with Crippen LogP contribution in [0.1, 0.15) is 18.9 Å². The second kappa shape index (κ2) is 12.3. The molecule has 2 unspecified atom stereocenters. The molecule has 2 atom stereocenters. The number of rotatable bonds is 5. The highest BCUT2D eigenvalue weighted by molar-refractivity contribution is 6.22. The van der Waals surface area contributed by atoms with Crippen molar-refractivity contribution in [2.75, 3.05) is 0 Å². The molecule has 242 valence electrons. The summed E-state index contributed by atoms with van der Waals surface area (Å²) in [4.78, 5) is 4.59. The van der Waals surface area contributed by atoms with Crippen LogP contribution < -0.4 is 0 Å². The van der Waals surface area contributed by atoms with Crippen LogP contribution >= 0.6 is 0 Å². The lowest BCUT2D eigenvalue weighted by Gasteiger charge is -2.23. The molecule has 0 fully saturated rings. The van der Waals surface area contributed by atoms with Gasteiger partial charge in [-0.05, 0) is 97.6 Å². The van der Waals surface area contributed by atoms with Gasteiger partial charge in [0.15, 0.2) is 0 Å². The van der Waals surface area contributed by atoms with E-state index in [1.165, 1.54) is 82.3 Å². The number of fused-ring (bicyclic) bond motifs is 5. The quantitative estimate of drug-likeness (QED) is 0.169. The summed E-state index contributed by atoms with van der Waals surface area (Å²) in [5.74, 6) is 0.475. The third kappa shape index (κ3) is 4.98. The summed E-state index contributed by atoms with van der Waals surface area (Å²) < 4.78 is 2.52. The van der Waals surface area contributed by atoms with E-state index in [0.717, 1.165) is 12.8 Å². The maximum absolute atomic E-state index is 4.59. The summed E-state index contributed by atoms with van der Waals surface area (Å²) in [5, 5.41) is 7.51. The molecular formula is C49H36N2. The van der Waals surface area contributed by atoms with Crippen LogP contribution in [0.2, 0.25) is 0 Å². The third-order valence-electron chi connectivity index (χ3n) is 10.9. The van der Waals surface area contributed by atoms with Crippen LogP contribution in [0.25, 0.3) is 76.7 Å². The Hall–Kier alpha value is -6.25. The van der Waals surface area contributed by atoms with Gasteiger partial charge in [-0.25, -0.2) is 0 Å². The van der Waals surface area contributed by atoms with E-state index >= 15 is 0 Å². The van der Waals surface area contributed by atoms with Crippen LogP contribution in [0.3, 0.4) is 0 Å². The molecule has 0 spiro atoms. The van der Waals surface area contributed by atoms with Crippen molar-refractivity contribution in [2.45, 2.75) is 18.9 Å². The van der Waals surface area contributed by atoms with Gasteiger partial charge in [-0.3, -0.25) is 4.98 Å². The third-order valence-corrected chi connectivity index (χ3v) is 10.9. The Kier molecular flexibility index (Phi) is 7.13. The fourth-order valence-electron chi connectivity index (χ4n) is 8.54. The van der Waals surface area contributed by atoms with Crippen molar-refractivity contribution in [1.82, 2.24) is 9.55 Å². The Bertz CT molecular complexity index is 2740. The van der Waals surface area contributed by atoms with Crippen LogP contribution in [-0.2, 0) is 0 Å². The number of hydrogen-bond acceptors (Lipinski definition) is 1. The fourth-order valence-corrected chi connectivity index (χ4v) is 8.54. The molecule has 2 heterocycles. The Labute approximate surface area is 298 Å². The second-order valence-corrected chi connectivity index (χ2v) is 13.8. The first-order valence-electron chi connectivity index (χ1n) is 18.0. The van der Waals surface area contributed by atoms with Gasteiger partial charge in [-0.2, -0.15) is 0 Å². The fraction of sp³-hybridized carbons (Fsp3) is 0.0816. The van der Waals surface area contributed by atoms with E-state index in [-0.39, 0.29) is 6.04 Å². The molecule has 2 heteroatoms. The molecule has 0 aliphatic heterocycles. The standard InChI is InChI=1S/C49H36N2/c1-4-12-33(13-5-1)34-20-24-39(25-21-34)51-46-27-23-38(30-43(46)45-32-50-29-28-47(45)51)37-22-26-42-44(31-37)49(36-16-8-3-9-17-36)41-19-11-10-18-40(41)48(42)35-14-6-2-7-15-35/h1-12,14-24,26-33,39H,13,25H2. The topological polar surface area (TPSA) is 17.8 Å². The largest absolute Gasteiger partial charge is 0.333 e. The second-order valence-electron chi connectivity index (χ2n) is 13.8. The normalized spacial score (nSPS) is 17.1. The van der Waals surface area contributed by atoms with Gasteiger partial charge in [0.2, 0.25) is 0 Å². The number of benzene rings is 6. The molecule has 0 saturated heterocycles. The van der Waals surface area contributed by atoms with Crippen molar-refractivity contribution in [3.8, 4) is 33.4 Å². The predicted molar refractivity (Wildman–Crippen MR) is 216 cm³/mol. The Morgan fingerprint density at radius 1 is 0.510 bits per heavy atom. The molecular weight excluding hydrogens is 617 g/mol. The van der Waals surface area contributed by atoms with E-state index in [9.17, 15) is 0 Å². The Morgan fingerprint density at radius 3 is 1.84 bits per heavy atom. The summed E-state index contributed by atoms with van der Waals surface area (Å²) in [5.41, 5.74) is 11.3. The maximum Gasteiger partial charge on any atom is 0.0560 e. The molecule has 2 aromatic heterocycles. The van der Waals surface area contributed by atoms with E-state index in [1.54, 1.807) is 0 Å². The van der Waals surface area contributed by atoms with Crippen molar-refractivity contribution < 1.29 is 0 Å². The molecule has 0 radical (unpaired) electrons. The molecule has 2 aliphatic carbocycles. The van der Waals surface area contributed by atoms with Gasteiger partial charge in [0.25, 0.3) is 0 Å². The van der Waals surface area contributed by atoms with E-state index in [4.69, 9.17) is 0 Å². The molecule has 8 aromatic rings. The zero-order chi connectivity index (χ0) is 33.7. The highest BCUT2D eigenvalue weighted by Gasteiger charge is 2.22. The molecule has 0 bridgehead atoms. The van der Waals surface area contributed by atoms with Crippen molar-refractivity contribution >= 4 is 43.4 Å². The van der Waals surface area contributed by atoms with Crippen molar-refractivity contribution in [2.24, 2.45) is 5.92 Å². The lowest BCUT2D eigenvalue weighted by atomic mass is 9.85. The first kappa shape index (κ1) is 29.6. The van der Waals surface area contributed by atoms with Gasteiger partial charge in [-0.15, -0.1) is 0 Å². The van der Waals surface area contributed by atoms with Crippen LogP contribution in [0.15, 0.2) is 188 Å². The van der Waals surface area contributed by atoms with Gasteiger partial charge in [0.05, 0.1) is 11.6 Å². The lowest BCUT2D eigenvalue weighted by Crippen LogP contribution is -2.10. The van der Waals surface area contributed by atoms with Gasteiger partial charge >= 0.3 is 0 Å². The van der Waals surface area contributed by atoms with Gasteiger partial charge in [-0.1, -0.05) is 146 Å². The summed E-state index contributed by atoms with van der Waals surface area (Å²) in [6.45, 7) is 0. The molecule has 0 saturated carbocycles. The Balaban J connectivity index is 1.14. The van der Waals surface area contributed by atoms with Crippen LogP contribution in [-0.4, -0.2) is 9.55 Å². The van der Waals surface area contributed by atoms with Crippen molar-refractivity contribution in [3.05, 3.63) is 188 Å². The number of nitrogens with zero attached hydrogens (tertiary/aromatic N) is 2. The first-order chi connectivity index (χ1) is 25.3. The number of pyridine rings is 1. The van der Waals surface area contributed by atoms with Crippen LogP contribution in [0.5, 0.6) is 0 Å². The van der Waals surface area contributed by atoms with E-state index < -0.39 is 0 Å². The molecule has 0 amide bonds. The molecule has 2 nitrogen and oxygen atoms in total. The zero-order valence-electron chi connectivity index (χ0n) is 28.3. The van der Waals surface area contributed by atoms with Crippen LogP contribution in [0.4, 0.5) is 0 Å². The summed E-state index contributed by atoms with van der Waals surface area (Å²) in [7, 11) is 0. The zero-order valence-corrected chi connectivity index (χ0v) is 28.3. The van der Waals surface area contributed by atoms with Crippen LogP contribution in [0, 0.1) is 5.92 Å². The molecule has 2 aliphatic rings. The number of allylic oxidation sites excluding steroid dienone is 8. The molecule has 6 aromatic carbocycles. The minimum Gasteiger partial charge on any atom is -0.333 e. The van der Waals surface area contributed by atoms with Gasteiger partial charge < -0.3 is 4.57 Å². The van der Waals surface area contributed by atoms with Gasteiger partial charge in [0, 0.05) is 34.6 Å². The van der Waals surface area contributed by atoms with E-state index in [1.807, 2.05) is 12.4 Å². The smallest absolute Gasteiger partial charge is 0.0560 e. The highest BCUT2D eigenvalue weighted by atomic mass is 15.0. The average molecular weight is 653 g/mol. The molecule has 0 N–H and O–H groups in total. The van der Waals surface area contributed by atoms with E-state index in [2.05, 4.69) is 179 Å². The highest BCUT2D eigenvalue weighted by Crippen LogP contribution is 2.45. The van der Waals surface area contributed by atoms with E-state index in [0.29, 0.717) is 5.92 Å². The minimum atomic E-state index is 0.254. The summed E-state index contributed by atoms with van der Waals surface area (Å²) in [6.07, 6.45) is 22.1.